The summed E-state index contributed by atoms with van der Waals surface area (Å²) in [5.74, 6) is 0. The monoisotopic (exact) mass is 276 g/mol. The number of allylic oxidation sites excluding steroid dienone is 2. The van der Waals surface area contributed by atoms with Gasteiger partial charge < -0.3 is 0 Å². The van der Waals surface area contributed by atoms with E-state index in [4.69, 9.17) is 0 Å². The molecule has 0 amide bonds. The van der Waals surface area contributed by atoms with E-state index in [0.29, 0.717) is 0 Å². The molecule has 0 unspecified atom stereocenters. The average molecular weight is 275 g/mol. The van der Waals surface area contributed by atoms with E-state index in [0.717, 1.165) is 15.0 Å². The summed E-state index contributed by atoms with van der Waals surface area (Å²) >= 11 is 0.783. The van der Waals surface area contributed by atoms with Crippen molar-refractivity contribution in [3.63, 3.8) is 0 Å². The summed E-state index contributed by atoms with van der Waals surface area (Å²) in [6, 6.07) is 0. The van der Waals surface area contributed by atoms with Crippen LogP contribution in [0.5, 0.6) is 0 Å². The Morgan fingerprint density at radius 3 is 2.13 bits per heavy atom. The molecular weight excluding hydrogens is 247 g/mol. The minimum atomic E-state index is 0.783. The van der Waals surface area contributed by atoms with Gasteiger partial charge in [-0.15, -0.1) is 0 Å². The molecule has 0 aromatic heterocycles. The van der Waals surface area contributed by atoms with Gasteiger partial charge in [-0.2, -0.15) is 0 Å². The zero-order valence-corrected chi connectivity index (χ0v) is 12.8. The molecular formula is C14H28Se. The Bertz CT molecular complexity index is 170. The summed E-state index contributed by atoms with van der Waals surface area (Å²) in [5, 5.41) is 1.45. The van der Waals surface area contributed by atoms with Gasteiger partial charge in [0.1, 0.15) is 0 Å². The Kier molecular flexibility index (Phi) is 11.0. The summed E-state index contributed by atoms with van der Waals surface area (Å²) in [5.41, 5.74) is 1.68. The molecule has 0 aliphatic rings. The Hall–Kier alpha value is 0.259. The molecule has 0 aliphatic carbocycles. The second-order valence-electron chi connectivity index (χ2n) is 4.35. The van der Waals surface area contributed by atoms with Crippen LogP contribution < -0.4 is 0 Å². The fourth-order valence-electron chi connectivity index (χ4n) is 1.49. The zero-order valence-electron chi connectivity index (χ0n) is 11.1. The fraction of sp³-hybridized carbons (Fsp3) is 0.857. The van der Waals surface area contributed by atoms with E-state index in [9.17, 15) is 0 Å². The summed E-state index contributed by atoms with van der Waals surface area (Å²) < 4.78 is 1.72. The number of rotatable bonds is 9. The molecule has 0 nitrogen and oxygen atoms in total. The van der Waals surface area contributed by atoms with Gasteiger partial charge >= 0.3 is 103 Å². The van der Waals surface area contributed by atoms with Crippen LogP contribution in [0.2, 0.25) is 5.32 Å². The molecule has 0 spiro atoms. The van der Waals surface area contributed by atoms with Gasteiger partial charge in [0.2, 0.25) is 0 Å². The first-order valence-electron chi connectivity index (χ1n) is 6.51. The van der Waals surface area contributed by atoms with Crippen molar-refractivity contribution in [2.24, 2.45) is 0 Å². The van der Waals surface area contributed by atoms with Crippen LogP contribution in [-0.2, 0) is 0 Å². The van der Waals surface area contributed by atoms with E-state index in [1.54, 1.807) is 10.0 Å². The third kappa shape index (κ3) is 9.20. The molecule has 0 fully saturated rings. The van der Waals surface area contributed by atoms with Crippen LogP contribution in [0.4, 0.5) is 0 Å². The van der Waals surface area contributed by atoms with Crippen molar-refractivity contribution in [3.05, 3.63) is 10.0 Å². The number of hydrogen-bond acceptors (Lipinski definition) is 0. The predicted octanol–water partition coefficient (Wildman–Crippen LogP) is 5.17. The van der Waals surface area contributed by atoms with Gasteiger partial charge in [-0.05, 0) is 0 Å². The molecule has 0 atom stereocenters. The van der Waals surface area contributed by atoms with E-state index < -0.39 is 0 Å². The third-order valence-corrected chi connectivity index (χ3v) is 5.50. The molecule has 0 heterocycles. The van der Waals surface area contributed by atoms with Crippen molar-refractivity contribution in [2.75, 3.05) is 0 Å². The van der Waals surface area contributed by atoms with Crippen molar-refractivity contribution in [1.29, 1.82) is 0 Å². The Morgan fingerprint density at radius 1 is 0.867 bits per heavy atom. The van der Waals surface area contributed by atoms with E-state index in [-0.39, 0.29) is 0 Å². The van der Waals surface area contributed by atoms with Gasteiger partial charge in [-0.3, -0.25) is 0 Å². The van der Waals surface area contributed by atoms with Crippen LogP contribution >= 0.6 is 0 Å². The van der Waals surface area contributed by atoms with Crippen LogP contribution in [0.3, 0.4) is 0 Å². The van der Waals surface area contributed by atoms with Gasteiger partial charge in [-0.25, -0.2) is 0 Å². The average Bonchev–Trinajstić information content (AvgIpc) is 2.24. The van der Waals surface area contributed by atoms with Gasteiger partial charge in [0, 0.05) is 0 Å². The quantitative estimate of drug-likeness (QED) is 0.402. The molecule has 0 aromatic carbocycles. The summed E-state index contributed by atoms with van der Waals surface area (Å²) in [6.07, 6.45) is 9.70. The molecule has 0 radical (unpaired) electrons. The molecule has 15 heavy (non-hydrogen) atoms. The summed E-state index contributed by atoms with van der Waals surface area (Å²) in [7, 11) is 0. The van der Waals surface area contributed by atoms with Crippen LogP contribution in [0.25, 0.3) is 0 Å². The first kappa shape index (κ1) is 15.3. The van der Waals surface area contributed by atoms with Crippen molar-refractivity contribution in [1.82, 2.24) is 0 Å². The third-order valence-electron chi connectivity index (χ3n) is 2.82. The topological polar surface area (TPSA) is 0 Å². The second-order valence-corrected chi connectivity index (χ2v) is 7.10. The van der Waals surface area contributed by atoms with E-state index in [2.05, 4.69) is 27.7 Å². The SMILES string of the molecule is CCCCCC/C(C)=C(\C)[Se]CCCC. The molecule has 1 heteroatoms. The summed E-state index contributed by atoms with van der Waals surface area (Å²) in [4.78, 5) is 0. The fourth-order valence-corrected chi connectivity index (χ4v) is 3.77. The van der Waals surface area contributed by atoms with Gasteiger partial charge in [0.25, 0.3) is 0 Å². The second kappa shape index (κ2) is 10.8. The number of unbranched alkanes of at least 4 members (excludes halogenated alkanes) is 4. The summed E-state index contributed by atoms with van der Waals surface area (Å²) in [6.45, 7) is 9.26. The standard InChI is InChI=1S/C14H28Se/c1-5-7-9-10-11-13(3)14(4)15-12-8-6-2/h5-12H2,1-4H3/b14-13+. The number of hydrogen-bond donors (Lipinski definition) is 0. The Balaban J connectivity index is 3.62. The van der Waals surface area contributed by atoms with E-state index >= 15 is 0 Å². The first-order valence-corrected chi connectivity index (χ1v) is 8.58. The van der Waals surface area contributed by atoms with E-state index in [1.165, 1.54) is 50.3 Å². The van der Waals surface area contributed by atoms with Crippen molar-refractivity contribution >= 4 is 15.0 Å². The van der Waals surface area contributed by atoms with Crippen molar-refractivity contribution < 1.29 is 0 Å². The predicted molar refractivity (Wildman–Crippen MR) is 72.6 cm³/mol. The van der Waals surface area contributed by atoms with Gasteiger partial charge in [0.15, 0.2) is 0 Å². The van der Waals surface area contributed by atoms with Gasteiger partial charge in [-0.1, -0.05) is 0 Å². The molecule has 0 aromatic rings. The minimum absolute atomic E-state index is 0.783. The van der Waals surface area contributed by atoms with Gasteiger partial charge in [0.05, 0.1) is 0 Å². The first-order chi connectivity index (χ1) is 7.22. The molecule has 0 rings (SSSR count). The zero-order chi connectivity index (χ0) is 11.5. The Morgan fingerprint density at radius 2 is 1.53 bits per heavy atom. The van der Waals surface area contributed by atoms with Crippen LogP contribution in [-0.4, -0.2) is 15.0 Å². The molecule has 90 valence electrons. The molecule has 0 N–H and O–H groups in total. The normalized spacial score (nSPS) is 12.8. The molecule has 0 aliphatic heterocycles. The van der Waals surface area contributed by atoms with E-state index in [1.807, 2.05) is 0 Å². The molecule has 0 saturated heterocycles. The van der Waals surface area contributed by atoms with Crippen LogP contribution in [0, 0.1) is 0 Å². The van der Waals surface area contributed by atoms with Crippen LogP contribution in [0.1, 0.15) is 72.6 Å². The molecule has 0 bridgehead atoms. The molecule has 0 saturated carbocycles. The Labute approximate surface area is 103 Å². The van der Waals surface area contributed by atoms with Crippen molar-refractivity contribution in [3.8, 4) is 0 Å². The van der Waals surface area contributed by atoms with Crippen molar-refractivity contribution in [2.45, 2.75) is 78.0 Å². The van der Waals surface area contributed by atoms with Crippen LogP contribution in [0.15, 0.2) is 10.0 Å². The maximum atomic E-state index is 2.35. The maximum absolute atomic E-state index is 2.35.